The highest BCUT2D eigenvalue weighted by Crippen LogP contribution is 2.44. The number of ketones is 1. The smallest absolute Gasteiger partial charge is 0.217 e. The van der Waals surface area contributed by atoms with E-state index in [1.54, 1.807) is 0 Å². The van der Waals surface area contributed by atoms with E-state index >= 15 is 0 Å². The highest BCUT2D eigenvalue weighted by Gasteiger charge is 2.33. The van der Waals surface area contributed by atoms with Crippen LogP contribution in [0.25, 0.3) is 0 Å². The first kappa shape index (κ1) is 32.4. The molecular formula is C31H50NO3+. The molecule has 2 aromatic carbocycles. The van der Waals surface area contributed by atoms with Gasteiger partial charge in [-0.15, -0.1) is 6.58 Å². The molecule has 2 aromatic rings. The molecule has 4 nitrogen and oxygen atoms in total. The third-order valence-electron chi connectivity index (χ3n) is 6.87. The minimum Gasteiger partial charge on any atom is -0.504 e. The highest BCUT2D eigenvalue weighted by molar-refractivity contribution is 5.97. The molecular weight excluding hydrogens is 434 g/mol. The van der Waals surface area contributed by atoms with Crippen LogP contribution in [0.1, 0.15) is 83.7 Å². The van der Waals surface area contributed by atoms with E-state index in [0.29, 0.717) is 33.8 Å². The molecule has 35 heavy (non-hydrogen) atoms. The molecule has 0 aliphatic heterocycles. The number of quaternary nitrogens is 1. The topological polar surface area (TPSA) is 57.5 Å². The molecule has 0 aliphatic rings. The number of phenolic OH excluding ortho intramolecular Hbond substituents is 2. The number of aromatic hydroxyl groups is 2. The van der Waals surface area contributed by atoms with Crippen molar-refractivity contribution in [3.8, 4) is 11.5 Å². The third-order valence-corrected chi connectivity index (χ3v) is 6.87. The van der Waals surface area contributed by atoms with Crippen molar-refractivity contribution >= 4 is 5.78 Å². The van der Waals surface area contributed by atoms with Gasteiger partial charge in [0.15, 0.2) is 11.5 Å². The molecule has 0 saturated heterocycles. The molecule has 2 N–H and O–H groups in total. The average molecular weight is 485 g/mol. The first-order valence-electron chi connectivity index (χ1n) is 12.8. The molecule has 0 aliphatic carbocycles. The van der Waals surface area contributed by atoms with E-state index in [-0.39, 0.29) is 17.3 Å². The van der Waals surface area contributed by atoms with Crippen molar-refractivity contribution in [2.45, 2.75) is 67.7 Å². The van der Waals surface area contributed by atoms with Gasteiger partial charge >= 0.3 is 0 Å². The molecule has 2 rings (SSSR count). The van der Waals surface area contributed by atoms with E-state index in [0.717, 1.165) is 13.0 Å². The zero-order chi connectivity index (χ0) is 27.4. The number of carbonyl (C=O) groups is 1. The number of Topliss-reactive ketones (excluding diaryl/α,β-unsaturated/α-hetero) is 1. The molecule has 0 fully saturated rings. The maximum Gasteiger partial charge on any atom is 0.217 e. The summed E-state index contributed by atoms with van der Waals surface area (Å²) in [4.78, 5) is 11.9. The predicted octanol–water partition coefficient (Wildman–Crippen LogP) is 7.82. The summed E-state index contributed by atoms with van der Waals surface area (Å²) in [5, 5.41) is 18.4. The molecule has 1 atom stereocenters. The molecule has 0 aromatic heterocycles. The number of rotatable bonds is 9. The van der Waals surface area contributed by atoms with Crippen LogP contribution in [0.3, 0.4) is 0 Å². The number of hydrogen-bond donors (Lipinski definition) is 2. The van der Waals surface area contributed by atoms with Crippen LogP contribution in [0, 0.1) is 11.3 Å². The van der Waals surface area contributed by atoms with E-state index in [2.05, 4.69) is 71.5 Å². The van der Waals surface area contributed by atoms with Crippen LogP contribution >= 0.6 is 0 Å². The number of nitrogens with zero attached hydrogens (tertiary/aromatic N) is 1. The minimum absolute atomic E-state index is 0.0397. The standard InChI is InChI=1S/C17H26.C12H17NO3.C2H6/c1-13(2)12-16(17(5,6)14(3)4)15-10-8-7-9-11-15;1-4-13(2,3)8-12(16)9-5-6-10(14)11(15)7-9;1-2/h7-11,14,16H,1,12H2,2-6H3;5-7H,4,8H2,1-3H3,(H-,14,15,16);1-2H3/p+1. The highest BCUT2D eigenvalue weighted by atomic mass is 16.3. The second-order valence-electron chi connectivity index (χ2n) is 10.6. The normalized spacial score (nSPS) is 12.1. The average Bonchev–Trinajstić information content (AvgIpc) is 2.81. The predicted molar refractivity (Wildman–Crippen MR) is 150 cm³/mol. The second kappa shape index (κ2) is 14.7. The van der Waals surface area contributed by atoms with Crippen LogP contribution in [0.2, 0.25) is 0 Å². The van der Waals surface area contributed by atoms with E-state index < -0.39 is 0 Å². The Bertz CT molecular complexity index is 914. The fourth-order valence-electron chi connectivity index (χ4n) is 3.54. The Balaban J connectivity index is 0.000000618. The summed E-state index contributed by atoms with van der Waals surface area (Å²) >= 11 is 0. The fraction of sp³-hybridized carbons (Fsp3) is 0.516. The third kappa shape index (κ3) is 10.7. The van der Waals surface area contributed by atoms with Crippen molar-refractivity contribution in [1.29, 1.82) is 0 Å². The Morgan fingerprint density at radius 2 is 1.54 bits per heavy atom. The summed E-state index contributed by atoms with van der Waals surface area (Å²) in [5.41, 5.74) is 3.43. The quantitative estimate of drug-likeness (QED) is 0.165. The van der Waals surface area contributed by atoms with Gasteiger partial charge in [-0.3, -0.25) is 4.79 Å². The lowest BCUT2D eigenvalue weighted by Crippen LogP contribution is -2.43. The molecule has 4 heteroatoms. The summed E-state index contributed by atoms with van der Waals surface area (Å²) in [6.45, 7) is 22.8. The Labute approximate surface area is 214 Å². The second-order valence-corrected chi connectivity index (χ2v) is 10.6. The van der Waals surface area contributed by atoms with Crippen LogP contribution in [0.4, 0.5) is 0 Å². The summed E-state index contributed by atoms with van der Waals surface area (Å²) in [6.07, 6.45) is 1.08. The SMILES string of the molecule is C=C(C)CC(c1ccccc1)C(C)(C)C(C)C.CC.CC[N+](C)(C)CC(=O)c1ccc(O)c(O)c1. The summed E-state index contributed by atoms with van der Waals surface area (Å²) in [7, 11) is 3.94. The molecule has 196 valence electrons. The van der Waals surface area contributed by atoms with Gasteiger partial charge in [-0.2, -0.15) is 0 Å². The van der Waals surface area contributed by atoms with Crippen molar-refractivity contribution in [3.05, 3.63) is 71.8 Å². The Kier molecular flexibility index (Phi) is 13.6. The molecule has 0 heterocycles. The fourth-order valence-corrected chi connectivity index (χ4v) is 3.54. The maximum atomic E-state index is 11.9. The van der Waals surface area contributed by atoms with Gasteiger partial charge in [-0.05, 0) is 61.3 Å². The van der Waals surface area contributed by atoms with E-state index in [4.69, 9.17) is 5.11 Å². The molecule has 0 spiro atoms. The summed E-state index contributed by atoms with van der Waals surface area (Å²) in [6, 6.07) is 15.0. The van der Waals surface area contributed by atoms with E-state index in [1.807, 2.05) is 34.9 Å². The van der Waals surface area contributed by atoms with Gasteiger partial charge in [0.2, 0.25) is 5.78 Å². The number of benzene rings is 2. The largest absolute Gasteiger partial charge is 0.504 e. The maximum absolute atomic E-state index is 11.9. The number of likely N-dealkylation sites (N-methyl/N-ethyl adjacent to an activating group) is 1. The van der Waals surface area contributed by atoms with Crippen molar-refractivity contribution in [2.75, 3.05) is 27.2 Å². The van der Waals surface area contributed by atoms with Gasteiger partial charge in [0, 0.05) is 5.56 Å². The van der Waals surface area contributed by atoms with Crippen LogP contribution in [0.15, 0.2) is 60.7 Å². The first-order chi connectivity index (χ1) is 16.2. The van der Waals surface area contributed by atoms with Crippen LogP contribution < -0.4 is 0 Å². The van der Waals surface area contributed by atoms with Crippen molar-refractivity contribution < 1.29 is 19.5 Å². The monoisotopic (exact) mass is 484 g/mol. The summed E-state index contributed by atoms with van der Waals surface area (Å²) < 4.78 is 0.598. The zero-order valence-corrected chi connectivity index (χ0v) is 23.9. The number of hydrogen-bond acceptors (Lipinski definition) is 3. The lowest BCUT2D eigenvalue weighted by Gasteiger charge is -2.39. The van der Waals surface area contributed by atoms with Gasteiger partial charge in [-0.1, -0.05) is 77.4 Å². The molecule has 1 unspecified atom stereocenters. The van der Waals surface area contributed by atoms with Crippen molar-refractivity contribution in [1.82, 2.24) is 0 Å². The lowest BCUT2D eigenvalue weighted by atomic mass is 9.66. The van der Waals surface area contributed by atoms with E-state index in [9.17, 15) is 9.90 Å². The first-order valence-corrected chi connectivity index (χ1v) is 12.8. The van der Waals surface area contributed by atoms with E-state index in [1.165, 1.54) is 29.3 Å². The van der Waals surface area contributed by atoms with Gasteiger partial charge in [0.25, 0.3) is 0 Å². The Hall–Kier alpha value is -2.59. The van der Waals surface area contributed by atoms with Gasteiger partial charge in [0.05, 0.1) is 20.6 Å². The van der Waals surface area contributed by atoms with Crippen molar-refractivity contribution in [3.63, 3.8) is 0 Å². The zero-order valence-electron chi connectivity index (χ0n) is 23.9. The van der Waals surface area contributed by atoms with Gasteiger partial charge < -0.3 is 14.7 Å². The van der Waals surface area contributed by atoms with Gasteiger partial charge in [0.1, 0.15) is 6.54 Å². The molecule has 0 saturated carbocycles. The van der Waals surface area contributed by atoms with Crippen LogP contribution in [0.5, 0.6) is 11.5 Å². The van der Waals surface area contributed by atoms with Gasteiger partial charge in [-0.25, -0.2) is 0 Å². The summed E-state index contributed by atoms with van der Waals surface area (Å²) in [5.74, 6) is 0.712. The molecule has 0 amide bonds. The minimum atomic E-state index is -0.257. The lowest BCUT2D eigenvalue weighted by molar-refractivity contribution is -0.880. The Morgan fingerprint density at radius 3 is 1.97 bits per heavy atom. The number of carbonyl (C=O) groups excluding carboxylic acids is 1. The number of phenols is 2. The number of allylic oxidation sites excluding steroid dienone is 1. The Morgan fingerprint density at radius 1 is 1.00 bits per heavy atom. The molecule has 0 radical (unpaired) electrons. The van der Waals surface area contributed by atoms with Crippen LogP contribution in [-0.4, -0.2) is 47.7 Å². The molecule has 0 bridgehead atoms. The van der Waals surface area contributed by atoms with Crippen LogP contribution in [-0.2, 0) is 0 Å². The van der Waals surface area contributed by atoms with Crippen molar-refractivity contribution in [2.24, 2.45) is 11.3 Å².